The van der Waals surface area contributed by atoms with E-state index in [9.17, 15) is 0 Å². The summed E-state index contributed by atoms with van der Waals surface area (Å²) in [5.74, 6) is 6.38. The molecule has 1 unspecified atom stereocenters. The minimum absolute atomic E-state index is 0.205. The van der Waals surface area contributed by atoms with Crippen molar-refractivity contribution in [1.29, 1.82) is 0 Å². The molecular formula is C13H13N3OS. The normalized spacial score (nSPS) is 13.0. The van der Waals surface area contributed by atoms with Crippen LogP contribution >= 0.6 is 11.3 Å². The summed E-state index contributed by atoms with van der Waals surface area (Å²) < 4.78 is 5.82. The van der Waals surface area contributed by atoms with Gasteiger partial charge in [0, 0.05) is 10.8 Å². The molecule has 3 aromatic rings. The van der Waals surface area contributed by atoms with Crippen molar-refractivity contribution in [1.82, 2.24) is 10.4 Å². The topological polar surface area (TPSA) is 64.1 Å². The summed E-state index contributed by atoms with van der Waals surface area (Å²) in [6, 6.07) is 7.90. The Hall–Kier alpha value is -1.69. The smallest absolute Gasteiger partial charge is 0.134 e. The first-order valence-corrected chi connectivity index (χ1v) is 6.56. The zero-order chi connectivity index (χ0) is 12.5. The molecule has 0 spiro atoms. The lowest BCUT2D eigenvalue weighted by molar-refractivity contribution is 0.472. The first-order valence-electron chi connectivity index (χ1n) is 5.62. The second-order valence-corrected chi connectivity index (χ2v) is 4.92. The number of aromatic nitrogens is 1. The van der Waals surface area contributed by atoms with Crippen LogP contribution in [0.25, 0.3) is 11.0 Å². The summed E-state index contributed by atoms with van der Waals surface area (Å²) in [4.78, 5) is 4.27. The van der Waals surface area contributed by atoms with E-state index < -0.39 is 0 Å². The SMILES string of the molecule is Cc1ccc2oc(C(NN)c3cscn3)cc2c1. The minimum atomic E-state index is -0.205. The average Bonchev–Trinajstić information content (AvgIpc) is 2.98. The number of nitrogens with two attached hydrogens (primary N) is 1. The first kappa shape index (κ1) is 11.4. The van der Waals surface area contributed by atoms with Gasteiger partial charge in [-0.25, -0.2) is 10.4 Å². The van der Waals surface area contributed by atoms with E-state index in [0.29, 0.717) is 0 Å². The molecule has 2 aromatic heterocycles. The second kappa shape index (κ2) is 4.53. The third-order valence-corrected chi connectivity index (χ3v) is 3.49. The Labute approximate surface area is 108 Å². The van der Waals surface area contributed by atoms with Gasteiger partial charge >= 0.3 is 0 Å². The van der Waals surface area contributed by atoms with Gasteiger partial charge in [-0.2, -0.15) is 0 Å². The quantitative estimate of drug-likeness (QED) is 0.561. The Morgan fingerprint density at radius 1 is 1.39 bits per heavy atom. The molecule has 2 heterocycles. The van der Waals surface area contributed by atoms with Crippen LogP contribution < -0.4 is 11.3 Å². The summed E-state index contributed by atoms with van der Waals surface area (Å²) in [6.07, 6.45) is 0. The highest BCUT2D eigenvalue weighted by atomic mass is 32.1. The molecule has 18 heavy (non-hydrogen) atoms. The highest BCUT2D eigenvalue weighted by molar-refractivity contribution is 7.07. The molecule has 0 fully saturated rings. The van der Waals surface area contributed by atoms with Crippen molar-refractivity contribution in [2.24, 2.45) is 5.84 Å². The summed E-state index contributed by atoms with van der Waals surface area (Å²) >= 11 is 1.54. The molecule has 1 atom stereocenters. The van der Waals surface area contributed by atoms with Gasteiger partial charge in [-0.05, 0) is 25.1 Å². The predicted octanol–water partition coefficient (Wildman–Crippen LogP) is 2.75. The molecule has 0 aliphatic rings. The van der Waals surface area contributed by atoms with Crippen LogP contribution in [0.1, 0.15) is 23.1 Å². The number of fused-ring (bicyclic) bond motifs is 1. The highest BCUT2D eigenvalue weighted by Gasteiger charge is 2.18. The van der Waals surface area contributed by atoms with E-state index in [-0.39, 0.29) is 6.04 Å². The Balaban J connectivity index is 2.07. The van der Waals surface area contributed by atoms with Crippen molar-refractivity contribution in [2.45, 2.75) is 13.0 Å². The summed E-state index contributed by atoms with van der Waals surface area (Å²) in [7, 11) is 0. The number of hydrogen-bond donors (Lipinski definition) is 2. The van der Waals surface area contributed by atoms with E-state index in [0.717, 1.165) is 22.4 Å². The van der Waals surface area contributed by atoms with Crippen molar-refractivity contribution in [3.63, 3.8) is 0 Å². The maximum Gasteiger partial charge on any atom is 0.134 e. The lowest BCUT2D eigenvalue weighted by atomic mass is 10.1. The van der Waals surface area contributed by atoms with E-state index in [1.165, 1.54) is 16.9 Å². The Bertz CT molecular complexity index is 660. The predicted molar refractivity (Wildman–Crippen MR) is 72.2 cm³/mol. The number of aryl methyl sites for hydroxylation is 1. The Morgan fingerprint density at radius 3 is 3.00 bits per heavy atom. The van der Waals surface area contributed by atoms with Crippen LogP contribution in [-0.2, 0) is 0 Å². The molecule has 92 valence electrons. The lowest BCUT2D eigenvalue weighted by Crippen LogP contribution is -2.28. The van der Waals surface area contributed by atoms with Gasteiger partial charge in [-0.3, -0.25) is 5.84 Å². The molecule has 0 bridgehead atoms. The molecule has 3 rings (SSSR count). The van der Waals surface area contributed by atoms with Gasteiger partial charge in [0.15, 0.2) is 0 Å². The zero-order valence-electron chi connectivity index (χ0n) is 9.88. The molecule has 0 aliphatic carbocycles. The molecule has 1 aromatic carbocycles. The number of hydrogen-bond acceptors (Lipinski definition) is 5. The van der Waals surface area contributed by atoms with Crippen LogP contribution in [0.2, 0.25) is 0 Å². The van der Waals surface area contributed by atoms with E-state index in [1.54, 1.807) is 5.51 Å². The number of rotatable bonds is 3. The van der Waals surface area contributed by atoms with Gasteiger partial charge in [0.25, 0.3) is 0 Å². The minimum Gasteiger partial charge on any atom is -0.459 e. The second-order valence-electron chi connectivity index (χ2n) is 4.20. The third kappa shape index (κ3) is 1.92. The maximum absolute atomic E-state index is 5.82. The molecule has 5 heteroatoms. The summed E-state index contributed by atoms with van der Waals surface area (Å²) in [5, 5.41) is 3.05. The standard InChI is InChI=1S/C13H13N3OS/c1-8-2-3-11-9(4-8)5-12(17-11)13(16-14)10-6-18-7-15-10/h2-7,13,16H,14H2,1H3. The van der Waals surface area contributed by atoms with Crippen molar-refractivity contribution >= 4 is 22.3 Å². The third-order valence-electron chi connectivity index (χ3n) is 2.89. The van der Waals surface area contributed by atoms with Crippen molar-refractivity contribution in [3.8, 4) is 0 Å². The fourth-order valence-corrected chi connectivity index (χ4v) is 2.58. The molecule has 0 radical (unpaired) electrons. The van der Waals surface area contributed by atoms with Crippen LogP contribution in [0.15, 0.2) is 39.6 Å². The number of hydrazine groups is 1. The average molecular weight is 259 g/mol. The van der Waals surface area contributed by atoms with E-state index in [4.69, 9.17) is 10.3 Å². The van der Waals surface area contributed by atoms with Gasteiger partial charge in [0.2, 0.25) is 0 Å². The van der Waals surface area contributed by atoms with E-state index >= 15 is 0 Å². The van der Waals surface area contributed by atoms with Gasteiger partial charge in [-0.1, -0.05) is 11.6 Å². The molecule has 4 nitrogen and oxygen atoms in total. The van der Waals surface area contributed by atoms with Crippen molar-refractivity contribution in [2.75, 3.05) is 0 Å². The number of nitrogens with one attached hydrogen (secondary N) is 1. The van der Waals surface area contributed by atoms with Crippen LogP contribution in [0, 0.1) is 6.92 Å². The fourth-order valence-electron chi connectivity index (χ4n) is 2.00. The Kier molecular flexibility index (Phi) is 2.87. The first-order chi connectivity index (χ1) is 8.78. The van der Waals surface area contributed by atoms with Crippen LogP contribution in [0.4, 0.5) is 0 Å². The molecular weight excluding hydrogens is 246 g/mol. The monoisotopic (exact) mass is 259 g/mol. The molecule has 0 amide bonds. The Morgan fingerprint density at radius 2 is 2.28 bits per heavy atom. The highest BCUT2D eigenvalue weighted by Crippen LogP contribution is 2.28. The van der Waals surface area contributed by atoms with Gasteiger partial charge in [0.05, 0.1) is 11.2 Å². The van der Waals surface area contributed by atoms with Gasteiger partial charge in [0.1, 0.15) is 17.4 Å². The fraction of sp³-hybridized carbons (Fsp3) is 0.154. The van der Waals surface area contributed by atoms with Gasteiger partial charge < -0.3 is 4.42 Å². The maximum atomic E-state index is 5.82. The van der Waals surface area contributed by atoms with Crippen LogP contribution in [-0.4, -0.2) is 4.98 Å². The number of nitrogens with zero attached hydrogens (tertiary/aromatic N) is 1. The van der Waals surface area contributed by atoms with E-state index in [1.807, 2.05) is 23.6 Å². The molecule has 0 saturated carbocycles. The van der Waals surface area contributed by atoms with Crippen LogP contribution in [0.3, 0.4) is 0 Å². The largest absolute Gasteiger partial charge is 0.459 e. The molecule has 0 aliphatic heterocycles. The van der Waals surface area contributed by atoms with E-state index in [2.05, 4.69) is 23.4 Å². The number of thiazole rings is 1. The molecule has 0 saturated heterocycles. The molecule has 3 N–H and O–H groups in total. The van der Waals surface area contributed by atoms with Gasteiger partial charge in [-0.15, -0.1) is 11.3 Å². The number of benzene rings is 1. The van der Waals surface area contributed by atoms with Crippen molar-refractivity contribution < 1.29 is 4.42 Å². The zero-order valence-corrected chi connectivity index (χ0v) is 10.7. The number of furan rings is 1. The summed E-state index contributed by atoms with van der Waals surface area (Å²) in [6.45, 7) is 2.06. The van der Waals surface area contributed by atoms with Crippen LogP contribution in [0.5, 0.6) is 0 Å². The lowest BCUT2D eigenvalue weighted by Gasteiger charge is -2.09. The van der Waals surface area contributed by atoms with Crippen molar-refractivity contribution in [3.05, 3.63) is 52.2 Å². The summed E-state index contributed by atoms with van der Waals surface area (Å²) in [5.41, 5.74) is 7.48.